The number of carbonyl (C=O) groups is 1. The van der Waals surface area contributed by atoms with Gasteiger partial charge >= 0.3 is 18.9 Å². The van der Waals surface area contributed by atoms with Crippen LogP contribution in [0.4, 0.5) is 0 Å². The van der Waals surface area contributed by atoms with Gasteiger partial charge in [-0.15, -0.1) is 0 Å². The first kappa shape index (κ1) is 30.7. The van der Waals surface area contributed by atoms with Crippen molar-refractivity contribution in [3.8, 4) is 23.0 Å². The Labute approximate surface area is 223 Å². The molecule has 0 heterocycles. The average molecular weight is 503 g/mol. The minimum absolute atomic E-state index is 0. The third-order valence-corrected chi connectivity index (χ3v) is 6.95. The van der Waals surface area contributed by atoms with Crippen LogP contribution in [0.15, 0.2) is 30.3 Å². The number of hydrogen-bond donors (Lipinski definition) is 0. The van der Waals surface area contributed by atoms with Crippen LogP contribution in [-0.2, 0) is 0 Å². The first-order valence-electron chi connectivity index (χ1n) is 11.6. The number of benzene rings is 2. The van der Waals surface area contributed by atoms with Gasteiger partial charge < -0.3 is 18.9 Å². The number of hydrogen-bond acceptors (Lipinski definition) is 5. The van der Waals surface area contributed by atoms with E-state index in [4.69, 9.17) is 30.5 Å². The van der Waals surface area contributed by atoms with E-state index in [9.17, 15) is 4.79 Å². The standard InChI is InChI=1S/C26H36ClO5P.Li.H/c1-8-16(4)30-19-14-22(31-17(5)9-2)25(23(15-19)32-18(6)10-3)33-26(28)24-20(27)12-11-13-21(24)29-7;;/h11-18,33H,8-10H2,1-7H3;;. The maximum absolute atomic E-state index is 13.4. The fourth-order valence-corrected chi connectivity index (χ4v) is 4.38. The third kappa shape index (κ3) is 8.38. The van der Waals surface area contributed by atoms with Crippen molar-refractivity contribution >= 4 is 49.9 Å². The predicted octanol–water partition coefficient (Wildman–Crippen LogP) is 6.38. The molecule has 5 nitrogen and oxygen atoms in total. The number of ether oxygens (including phenoxy) is 4. The molecule has 0 N–H and O–H groups in total. The minimum atomic E-state index is -0.265. The second-order valence-electron chi connectivity index (χ2n) is 8.08. The van der Waals surface area contributed by atoms with Crippen molar-refractivity contribution in [3.63, 3.8) is 0 Å². The van der Waals surface area contributed by atoms with Crippen molar-refractivity contribution in [2.45, 2.75) is 79.1 Å². The summed E-state index contributed by atoms with van der Waals surface area (Å²) in [5.41, 5.74) is 0.222. The van der Waals surface area contributed by atoms with Gasteiger partial charge in [0.1, 0.15) is 23.0 Å². The van der Waals surface area contributed by atoms with E-state index >= 15 is 0 Å². The molecule has 0 fully saturated rings. The van der Waals surface area contributed by atoms with Crippen molar-refractivity contribution in [2.75, 3.05) is 7.11 Å². The molecular weight excluding hydrogens is 466 g/mol. The number of carbonyl (C=O) groups excluding carboxylic acids is 1. The van der Waals surface area contributed by atoms with E-state index in [0.29, 0.717) is 38.9 Å². The van der Waals surface area contributed by atoms with Crippen LogP contribution in [-0.4, -0.2) is 49.8 Å². The summed E-state index contributed by atoms with van der Waals surface area (Å²) in [7, 11) is 1.26. The zero-order chi connectivity index (χ0) is 24.5. The van der Waals surface area contributed by atoms with Crippen molar-refractivity contribution in [2.24, 2.45) is 0 Å². The molecule has 4 atom stereocenters. The van der Waals surface area contributed by atoms with E-state index < -0.39 is 0 Å². The Bertz CT molecular complexity index is 906. The van der Waals surface area contributed by atoms with Gasteiger partial charge in [-0.05, 0) is 60.7 Å². The maximum atomic E-state index is 13.4. The predicted molar refractivity (Wildman–Crippen MR) is 145 cm³/mol. The fraction of sp³-hybridized carbons (Fsp3) is 0.500. The average Bonchev–Trinajstić information content (AvgIpc) is 2.80. The summed E-state index contributed by atoms with van der Waals surface area (Å²) in [5.74, 6) is 2.31. The Morgan fingerprint density at radius 1 is 0.882 bits per heavy atom. The third-order valence-electron chi connectivity index (χ3n) is 5.42. The van der Waals surface area contributed by atoms with E-state index in [1.807, 2.05) is 32.9 Å². The molecule has 0 aliphatic rings. The molecule has 0 saturated carbocycles. The quantitative estimate of drug-likeness (QED) is 0.235. The summed E-state index contributed by atoms with van der Waals surface area (Å²) < 4.78 is 24.0. The Morgan fingerprint density at radius 3 is 1.85 bits per heavy atom. The normalized spacial score (nSPS) is 13.6. The molecule has 0 amide bonds. The van der Waals surface area contributed by atoms with Gasteiger partial charge in [0.25, 0.3) is 0 Å². The zero-order valence-corrected chi connectivity index (χ0v) is 22.4. The molecule has 0 aliphatic carbocycles. The molecule has 0 radical (unpaired) electrons. The summed E-state index contributed by atoms with van der Waals surface area (Å²) in [6, 6.07) is 8.91. The van der Waals surface area contributed by atoms with E-state index in [-0.39, 0.29) is 51.3 Å². The molecule has 0 bridgehead atoms. The second-order valence-corrected chi connectivity index (χ2v) is 9.69. The van der Waals surface area contributed by atoms with E-state index in [0.717, 1.165) is 19.3 Å². The van der Waals surface area contributed by atoms with Gasteiger partial charge in [0.15, 0.2) is 5.52 Å². The molecule has 0 spiro atoms. The molecule has 8 heteroatoms. The molecular formula is C26H37ClLiO5P. The Hall–Kier alpha value is -1.37. The van der Waals surface area contributed by atoms with Gasteiger partial charge in [-0.1, -0.05) is 38.4 Å². The summed E-state index contributed by atoms with van der Waals surface area (Å²) in [5, 5.41) is 1.07. The van der Waals surface area contributed by atoms with Gasteiger partial charge in [-0.25, -0.2) is 0 Å². The number of rotatable bonds is 13. The van der Waals surface area contributed by atoms with E-state index in [1.54, 1.807) is 18.2 Å². The van der Waals surface area contributed by atoms with Crippen molar-refractivity contribution < 1.29 is 23.7 Å². The Morgan fingerprint density at radius 2 is 1.38 bits per heavy atom. The molecule has 184 valence electrons. The monoisotopic (exact) mass is 502 g/mol. The molecule has 2 rings (SSSR count). The summed E-state index contributed by atoms with van der Waals surface area (Å²) in [6.45, 7) is 12.2. The molecule has 2 aromatic rings. The van der Waals surface area contributed by atoms with E-state index in [1.165, 1.54) is 7.11 Å². The van der Waals surface area contributed by atoms with Crippen LogP contribution >= 0.6 is 20.2 Å². The molecule has 4 unspecified atom stereocenters. The van der Waals surface area contributed by atoms with Gasteiger partial charge in [0.2, 0.25) is 0 Å². The van der Waals surface area contributed by atoms with Crippen LogP contribution in [0.3, 0.4) is 0 Å². The Kier molecular flexibility index (Phi) is 13.4. The fourth-order valence-electron chi connectivity index (χ4n) is 2.93. The van der Waals surface area contributed by atoms with Gasteiger partial charge in [-0.2, -0.15) is 0 Å². The van der Waals surface area contributed by atoms with Crippen molar-refractivity contribution in [1.82, 2.24) is 0 Å². The molecule has 0 saturated heterocycles. The van der Waals surface area contributed by atoms with Crippen molar-refractivity contribution in [3.05, 3.63) is 40.9 Å². The van der Waals surface area contributed by atoms with Crippen LogP contribution in [0.1, 0.15) is 71.2 Å². The first-order valence-corrected chi connectivity index (χ1v) is 12.9. The van der Waals surface area contributed by atoms with Crippen LogP contribution in [0.2, 0.25) is 5.02 Å². The topological polar surface area (TPSA) is 54.0 Å². The van der Waals surface area contributed by atoms with Crippen molar-refractivity contribution in [1.29, 1.82) is 0 Å². The zero-order valence-electron chi connectivity index (χ0n) is 20.7. The molecule has 2 aromatic carbocycles. The van der Waals surface area contributed by atoms with Gasteiger partial charge in [0, 0.05) is 12.1 Å². The van der Waals surface area contributed by atoms with Crippen LogP contribution in [0.25, 0.3) is 0 Å². The SMILES string of the molecule is CCC(C)Oc1cc(OC(C)CC)c(PC(=O)c2c(Cl)cccc2OC)c(OC(C)CC)c1.[LiH]. The van der Waals surface area contributed by atoms with Gasteiger partial charge in [0.05, 0.1) is 41.3 Å². The number of methoxy groups -OCH3 is 1. The van der Waals surface area contributed by atoms with Crippen LogP contribution in [0.5, 0.6) is 23.0 Å². The number of halogens is 1. The molecule has 34 heavy (non-hydrogen) atoms. The summed E-state index contributed by atoms with van der Waals surface area (Å²) in [4.78, 5) is 13.4. The van der Waals surface area contributed by atoms with E-state index in [2.05, 4.69) is 20.8 Å². The van der Waals surface area contributed by atoms with Crippen LogP contribution in [0, 0.1) is 0 Å². The Balaban J connectivity index is 0.00000578. The molecule has 0 aromatic heterocycles. The van der Waals surface area contributed by atoms with Gasteiger partial charge in [-0.3, -0.25) is 4.79 Å². The molecule has 0 aliphatic heterocycles. The van der Waals surface area contributed by atoms with Crippen LogP contribution < -0.4 is 24.3 Å². The first-order chi connectivity index (χ1) is 15.7. The second kappa shape index (κ2) is 14.9. The summed E-state index contributed by atoms with van der Waals surface area (Å²) >= 11 is 6.38. The summed E-state index contributed by atoms with van der Waals surface area (Å²) in [6.07, 6.45) is 2.50.